The van der Waals surface area contributed by atoms with Crippen molar-refractivity contribution in [2.24, 2.45) is 0 Å². The van der Waals surface area contributed by atoms with Crippen LogP contribution in [0.1, 0.15) is 29.6 Å². The highest BCUT2D eigenvalue weighted by molar-refractivity contribution is 5.76. The van der Waals surface area contributed by atoms with Gasteiger partial charge in [0.25, 0.3) is 0 Å². The number of pyridine rings is 1. The van der Waals surface area contributed by atoms with Crippen molar-refractivity contribution in [3.05, 3.63) is 71.6 Å². The molecule has 0 radical (unpaired) electrons. The van der Waals surface area contributed by atoms with Crippen molar-refractivity contribution in [3.63, 3.8) is 0 Å². The Morgan fingerprint density at radius 3 is 2.69 bits per heavy atom. The van der Waals surface area contributed by atoms with E-state index < -0.39 is 0 Å². The van der Waals surface area contributed by atoms with E-state index in [1.54, 1.807) is 29.3 Å². The van der Waals surface area contributed by atoms with Gasteiger partial charge in [-0.3, -0.25) is 9.78 Å². The average Bonchev–Trinajstić information content (AvgIpc) is 2.79. The lowest BCUT2D eigenvalue weighted by atomic mass is 10.1. The van der Waals surface area contributed by atoms with Crippen LogP contribution in [0.25, 0.3) is 11.1 Å². The van der Waals surface area contributed by atoms with E-state index in [0.717, 1.165) is 17.1 Å². The van der Waals surface area contributed by atoms with Crippen LogP contribution in [0.15, 0.2) is 48.7 Å². The molecule has 0 bridgehead atoms. The van der Waals surface area contributed by atoms with Gasteiger partial charge < -0.3 is 15.0 Å². The molecule has 3 aromatic rings. The molecule has 8 heteroatoms. The summed E-state index contributed by atoms with van der Waals surface area (Å²) < 4.78 is 19.9. The molecule has 2 aromatic heterocycles. The molecule has 1 aromatic carbocycles. The maximum absolute atomic E-state index is 14.0. The van der Waals surface area contributed by atoms with E-state index in [9.17, 15) is 9.18 Å². The quantitative estimate of drug-likeness (QED) is 0.636. The number of ether oxygens (including phenoxy) is 1. The van der Waals surface area contributed by atoms with Crippen LogP contribution in [-0.4, -0.2) is 52.0 Å². The molecule has 4 rings (SSSR count). The number of nitrogens with one attached hydrogen (secondary N) is 1. The smallest absolute Gasteiger partial charge is 0.224 e. The summed E-state index contributed by atoms with van der Waals surface area (Å²) in [5.74, 6) is 0.292. The molecule has 32 heavy (non-hydrogen) atoms. The highest BCUT2D eigenvalue weighted by atomic mass is 19.1. The number of morpholine rings is 1. The zero-order chi connectivity index (χ0) is 22.5. The second kappa shape index (κ2) is 9.82. The second-order valence-electron chi connectivity index (χ2n) is 7.80. The van der Waals surface area contributed by atoms with Crippen molar-refractivity contribution in [3.8, 4) is 11.1 Å². The summed E-state index contributed by atoms with van der Waals surface area (Å²) in [5.41, 5.74) is 3.71. The molecule has 7 nitrogen and oxygen atoms in total. The molecule has 1 N–H and O–H groups in total. The number of aryl methyl sites for hydroxylation is 2. The largest absolute Gasteiger partial charge is 0.368 e. The van der Waals surface area contributed by atoms with Crippen LogP contribution in [0.5, 0.6) is 0 Å². The fraction of sp³-hybridized carbons (Fsp3) is 0.333. The minimum absolute atomic E-state index is 0.0400. The van der Waals surface area contributed by atoms with Crippen LogP contribution in [0.3, 0.4) is 0 Å². The normalized spacial score (nSPS) is 16.1. The lowest BCUT2D eigenvalue weighted by molar-refractivity contribution is -0.138. The number of hydrogen-bond donors (Lipinski definition) is 1. The molecular weight excluding hydrogens is 409 g/mol. The number of rotatable bonds is 6. The Morgan fingerprint density at radius 2 is 1.97 bits per heavy atom. The Bertz CT molecular complexity index is 1070. The number of halogens is 1. The van der Waals surface area contributed by atoms with Gasteiger partial charge in [-0.25, -0.2) is 14.4 Å². The Labute approximate surface area is 186 Å². The number of anilines is 1. The number of carbonyl (C=O) groups excluding carboxylic acids is 1. The van der Waals surface area contributed by atoms with E-state index in [2.05, 4.69) is 20.3 Å². The van der Waals surface area contributed by atoms with Crippen LogP contribution in [0, 0.1) is 19.7 Å². The van der Waals surface area contributed by atoms with Crippen molar-refractivity contribution in [1.29, 1.82) is 0 Å². The Morgan fingerprint density at radius 1 is 1.19 bits per heavy atom. The van der Waals surface area contributed by atoms with Crippen LogP contribution in [0.2, 0.25) is 0 Å². The van der Waals surface area contributed by atoms with E-state index >= 15 is 0 Å². The van der Waals surface area contributed by atoms with Crippen LogP contribution < -0.4 is 5.32 Å². The summed E-state index contributed by atoms with van der Waals surface area (Å²) in [6, 6.07) is 12.2. The summed E-state index contributed by atoms with van der Waals surface area (Å²) in [7, 11) is 0. The number of nitrogens with zero attached hydrogens (tertiary/aromatic N) is 4. The van der Waals surface area contributed by atoms with Gasteiger partial charge in [-0.15, -0.1) is 0 Å². The predicted molar refractivity (Wildman–Crippen MR) is 120 cm³/mol. The van der Waals surface area contributed by atoms with E-state index in [0.29, 0.717) is 49.7 Å². The summed E-state index contributed by atoms with van der Waals surface area (Å²) in [5, 5.41) is 3.12. The van der Waals surface area contributed by atoms with Crippen LogP contribution in [-0.2, 0) is 9.53 Å². The van der Waals surface area contributed by atoms with Gasteiger partial charge in [0, 0.05) is 48.2 Å². The second-order valence-corrected chi connectivity index (χ2v) is 7.80. The lowest BCUT2D eigenvalue weighted by Gasteiger charge is -2.32. The Hall–Kier alpha value is -3.39. The zero-order valence-corrected chi connectivity index (χ0v) is 18.2. The van der Waals surface area contributed by atoms with Crippen LogP contribution in [0.4, 0.5) is 10.3 Å². The minimum atomic E-state index is -0.307. The first-order valence-corrected chi connectivity index (χ1v) is 10.7. The Balaban J connectivity index is 1.33. The topological polar surface area (TPSA) is 80.2 Å². The molecule has 0 aliphatic carbocycles. The average molecular weight is 436 g/mol. The maximum Gasteiger partial charge on any atom is 0.224 e. The number of benzene rings is 1. The standard InChI is InChI=1S/C24H26FN5O2/c1-16-13-17(2)29-24(28-16)26-10-9-23(31)30-11-12-32-22(15-30)21-8-7-18(14-27-21)19-5-3-4-6-20(19)25/h3-8,13-14,22H,9-12,15H2,1-2H3,(H,26,28,29)/t22-/m0/s1. The lowest BCUT2D eigenvalue weighted by Crippen LogP contribution is -2.43. The highest BCUT2D eigenvalue weighted by Crippen LogP contribution is 2.25. The Kier molecular flexibility index (Phi) is 6.70. The third kappa shape index (κ3) is 5.26. The fourth-order valence-electron chi connectivity index (χ4n) is 3.75. The van der Waals surface area contributed by atoms with Gasteiger partial charge in [-0.05, 0) is 32.0 Å². The predicted octanol–water partition coefficient (Wildman–Crippen LogP) is 3.70. The van der Waals surface area contributed by atoms with Gasteiger partial charge in [0.2, 0.25) is 11.9 Å². The maximum atomic E-state index is 14.0. The van der Waals surface area contributed by atoms with Crippen molar-refractivity contribution < 1.29 is 13.9 Å². The monoisotopic (exact) mass is 435 g/mol. The van der Waals surface area contributed by atoms with Gasteiger partial charge >= 0.3 is 0 Å². The minimum Gasteiger partial charge on any atom is -0.368 e. The molecule has 1 aliphatic heterocycles. The van der Waals surface area contributed by atoms with E-state index in [1.807, 2.05) is 32.0 Å². The van der Waals surface area contributed by atoms with Crippen molar-refractivity contribution in [1.82, 2.24) is 19.9 Å². The highest BCUT2D eigenvalue weighted by Gasteiger charge is 2.26. The summed E-state index contributed by atoms with van der Waals surface area (Å²) >= 11 is 0. The van der Waals surface area contributed by atoms with E-state index in [-0.39, 0.29) is 17.8 Å². The molecule has 1 atom stereocenters. The van der Waals surface area contributed by atoms with Gasteiger partial charge in [0.1, 0.15) is 11.9 Å². The van der Waals surface area contributed by atoms with E-state index in [1.165, 1.54) is 6.07 Å². The SMILES string of the molecule is Cc1cc(C)nc(NCCC(=O)N2CCO[C@H](c3ccc(-c4ccccc4F)cn3)C2)n1. The molecule has 166 valence electrons. The number of amides is 1. The first kappa shape index (κ1) is 21.8. The molecule has 1 amide bonds. The molecule has 0 unspecified atom stereocenters. The molecule has 1 fully saturated rings. The fourth-order valence-corrected chi connectivity index (χ4v) is 3.75. The summed E-state index contributed by atoms with van der Waals surface area (Å²) in [6.07, 6.45) is 1.67. The molecule has 1 aliphatic rings. The molecule has 1 saturated heterocycles. The number of carbonyl (C=O) groups is 1. The third-order valence-electron chi connectivity index (χ3n) is 5.32. The first-order valence-electron chi connectivity index (χ1n) is 10.7. The van der Waals surface area contributed by atoms with Gasteiger partial charge in [0.05, 0.1) is 18.8 Å². The number of aromatic nitrogens is 3. The van der Waals surface area contributed by atoms with Gasteiger partial charge in [0.15, 0.2) is 0 Å². The first-order chi connectivity index (χ1) is 15.5. The van der Waals surface area contributed by atoms with Crippen molar-refractivity contribution in [2.75, 3.05) is 31.6 Å². The molecule has 0 saturated carbocycles. The van der Waals surface area contributed by atoms with E-state index in [4.69, 9.17) is 4.74 Å². The molecule has 3 heterocycles. The van der Waals surface area contributed by atoms with Crippen molar-refractivity contribution >= 4 is 11.9 Å². The summed E-state index contributed by atoms with van der Waals surface area (Å²) in [6.45, 7) is 5.71. The third-order valence-corrected chi connectivity index (χ3v) is 5.32. The van der Waals surface area contributed by atoms with Crippen LogP contribution >= 0.6 is 0 Å². The molecule has 0 spiro atoms. The van der Waals surface area contributed by atoms with Crippen molar-refractivity contribution in [2.45, 2.75) is 26.4 Å². The van der Waals surface area contributed by atoms with Gasteiger partial charge in [-0.1, -0.05) is 24.3 Å². The number of hydrogen-bond acceptors (Lipinski definition) is 6. The zero-order valence-electron chi connectivity index (χ0n) is 18.2. The summed E-state index contributed by atoms with van der Waals surface area (Å²) in [4.78, 5) is 27.6. The molecular formula is C24H26FN5O2. The van der Waals surface area contributed by atoms with Gasteiger partial charge in [-0.2, -0.15) is 0 Å².